The third-order valence-electron chi connectivity index (χ3n) is 1.71. The molecule has 2 nitrogen and oxygen atoms in total. The third-order valence-corrected chi connectivity index (χ3v) is 3.42. The van der Waals surface area contributed by atoms with Crippen molar-refractivity contribution in [3.63, 3.8) is 0 Å². The Morgan fingerprint density at radius 2 is 1.87 bits per heavy atom. The standard InChI is InChI=1S/C10H10BrClO2S/c11-10-6-4-9(5-7-10)3-1-2-8-15(12,13)14/h1,3-7H,2,8H2/b3-1+. The van der Waals surface area contributed by atoms with Gasteiger partial charge in [0.25, 0.3) is 0 Å². The minimum atomic E-state index is -3.37. The van der Waals surface area contributed by atoms with Gasteiger partial charge in [0.15, 0.2) is 0 Å². The van der Waals surface area contributed by atoms with Crippen LogP contribution in [0.3, 0.4) is 0 Å². The summed E-state index contributed by atoms with van der Waals surface area (Å²) in [6.45, 7) is 0. The van der Waals surface area contributed by atoms with Crippen molar-refractivity contribution in [3.05, 3.63) is 40.4 Å². The van der Waals surface area contributed by atoms with E-state index in [4.69, 9.17) is 10.7 Å². The molecule has 0 atom stereocenters. The molecular weight excluding hydrogens is 300 g/mol. The Morgan fingerprint density at radius 3 is 2.40 bits per heavy atom. The lowest BCUT2D eigenvalue weighted by atomic mass is 10.2. The third kappa shape index (κ3) is 5.97. The Balaban J connectivity index is 2.48. The maximum Gasteiger partial charge on any atom is 0.232 e. The fraction of sp³-hybridized carbons (Fsp3) is 0.200. The molecule has 0 heterocycles. The van der Waals surface area contributed by atoms with Crippen LogP contribution in [0.1, 0.15) is 12.0 Å². The predicted octanol–water partition coefficient (Wildman–Crippen LogP) is 3.42. The average Bonchev–Trinajstić information content (AvgIpc) is 2.14. The van der Waals surface area contributed by atoms with E-state index in [1.807, 2.05) is 30.3 Å². The van der Waals surface area contributed by atoms with Crippen LogP contribution in [0.5, 0.6) is 0 Å². The summed E-state index contributed by atoms with van der Waals surface area (Å²) in [6, 6.07) is 7.74. The van der Waals surface area contributed by atoms with Crippen LogP contribution in [0.25, 0.3) is 6.08 Å². The molecule has 0 bridgehead atoms. The number of rotatable bonds is 4. The van der Waals surface area contributed by atoms with Crippen LogP contribution in [0.4, 0.5) is 0 Å². The topological polar surface area (TPSA) is 34.1 Å². The first-order chi connectivity index (χ1) is 6.97. The maximum absolute atomic E-state index is 10.6. The summed E-state index contributed by atoms with van der Waals surface area (Å²) in [7, 11) is 1.70. The fourth-order valence-electron chi connectivity index (χ4n) is 1.00. The molecule has 15 heavy (non-hydrogen) atoms. The van der Waals surface area contributed by atoms with Crippen LogP contribution in [-0.2, 0) is 9.05 Å². The Labute approximate surface area is 103 Å². The van der Waals surface area contributed by atoms with E-state index >= 15 is 0 Å². The largest absolute Gasteiger partial charge is 0.232 e. The molecule has 0 radical (unpaired) electrons. The van der Waals surface area contributed by atoms with Crippen molar-refractivity contribution in [2.75, 3.05) is 5.75 Å². The van der Waals surface area contributed by atoms with Gasteiger partial charge in [0.1, 0.15) is 0 Å². The number of hydrogen-bond acceptors (Lipinski definition) is 2. The van der Waals surface area contributed by atoms with Crippen LogP contribution < -0.4 is 0 Å². The lowest BCUT2D eigenvalue weighted by Crippen LogP contribution is -1.94. The van der Waals surface area contributed by atoms with E-state index in [2.05, 4.69) is 15.9 Å². The van der Waals surface area contributed by atoms with Gasteiger partial charge < -0.3 is 0 Å². The first kappa shape index (κ1) is 12.7. The molecule has 5 heteroatoms. The van der Waals surface area contributed by atoms with Gasteiger partial charge in [0.05, 0.1) is 5.75 Å². The monoisotopic (exact) mass is 308 g/mol. The first-order valence-electron chi connectivity index (χ1n) is 4.32. The summed E-state index contributed by atoms with van der Waals surface area (Å²) >= 11 is 3.33. The van der Waals surface area contributed by atoms with Gasteiger partial charge in [-0.05, 0) is 24.1 Å². The summed E-state index contributed by atoms with van der Waals surface area (Å²) in [5.41, 5.74) is 1.03. The summed E-state index contributed by atoms with van der Waals surface area (Å²) in [5.74, 6) is -0.0262. The van der Waals surface area contributed by atoms with E-state index in [1.165, 1.54) is 0 Å². The molecule has 1 aromatic rings. The van der Waals surface area contributed by atoms with Crippen LogP contribution in [0.15, 0.2) is 34.8 Å². The maximum atomic E-state index is 10.6. The SMILES string of the molecule is O=S(=O)(Cl)CC/C=C/c1ccc(Br)cc1. The quantitative estimate of drug-likeness (QED) is 0.799. The molecule has 0 aromatic heterocycles. The summed E-state index contributed by atoms with van der Waals surface area (Å²) in [6.07, 6.45) is 4.10. The minimum absolute atomic E-state index is 0.0262. The van der Waals surface area contributed by atoms with Crippen molar-refractivity contribution in [1.29, 1.82) is 0 Å². The highest BCUT2D eigenvalue weighted by Gasteiger charge is 2.01. The van der Waals surface area contributed by atoms with Crippen molar-refractivity contribution >= 4 is 41.7 Å². The van der Waals surface area contributed by atoms with Crippen LogP contribution in [0.2, 0.25) is 0 Å². The van der Waals surface area contributed by atoms with Crippen LogP contribution in [0, 0.1) is 0 Å². The Morgan fingerprint density at radius 1 is 1.27 bits per heavy atom. The molecule has 0 aliphatic carbocycles. The van der Waals surface area contributed by atoms with Gasteiger partial charge in [-0.25, -0.2) is 8.42 Å². The zero-order valence-corrected chi connectivity index (χ0v) is 11.0. The van der Waals surface area contributed by atoms with Crippen molar-refractivity contribution in [1.82, 2.24) is 0 Å². The van der Waals surface area contributed by atoms with Gasteiger partial charge in [-0.3, -0.25) is 0 Å². The van der Waals surface area contributed by atoms with Crippen molar-refractivity contribution < 1.29 is 8.42 Å². The molecule has 0 amide bonds. The Kier molecular flexibility index (Phi) is 4.83. The van der Waals surface area contributed by atoms with Gasteiger partial charge >= 0.3 is 0 Å². The number of hydrogen-bond donors (Lipinski definition) is 0. The van der Waals surface area contributed by atoms with Gasteiger partial charge in [0, 0.05) is 15.2 Å². The second-order valence-corrected chi connectivity index (χ2v) is 6.80. The van der Waals surface area contributed by atoms with E-state index in [0.29, 0.717) is 6.42 Å². The smallest absolute Gasteiger partial charge is 0.212 e. The lowest BCUT2D eigenvalue weighted by Gasteiger charge is -1.93. The average molecular weight is 310 g/mol. The van der Waals surface area contributed by atoms with E-state index in [0.717, 1.165) is 10.0 Å². The zero-order chi connectivity index (χ0) is 11.3. The number of allylic oxidation sites excluding steroid dienone is 1. The first-order valence-corrected chi connectivity index (χ1v) is 7.59. The van der Waals surface area contributed by atoms with Crippen LogP contribution in [-0.4, -0.2) is 14.2 Å². The van der Waals surface area contributed by atoms with E-state index in [-0.39, 0.29) is 5.75 Å². The molecule has 82 valence electrons. The molecular formula is C10H10BrClO2S. The highest BCUT2D eigenvalue weighted by Crippen LogP contribution is 2.11. The molecule has 0 spiro atoms. The second kappa shape index (κ2) is 5.68. The molecule has 0 aliphatic heterocycles. The van der Waals surface area contributed by atoms with Gasteiger partial charge in [-0.15, -0.1) is 0 Å². The molecule has 0 aliphatic rings. The van der Waals surface area contributed by atoms with Gasteiger partial charge in [0.2, 0.25) is 9.05 Å². The normalized spacial score (nSPS) is 12.1. The Bertz CT molecular complexity index is 437. The molecule has 0 saturated carbocycles. The molecule has 1 rings (SSSR count). The summed E-state index contributed by atoms with van der Waals surface area (Å²) < 4.78 is 22.2. The highest BCUT2D eigenvalue weighted by atomic mass is 79.9. The van der Waals surface area contributed by atoms with Crippen LogP contribution >= 0.6 is 26.6 Å². The lowest BCUT2D eigenvalue weighted by molar-refractivity contribution is 0.609. The number of halogens is 2. The van der Waals surface area contributed by atoms with Crippen molar-refractivity contribution in [3.8, 4) is 0 Å². The molecule has 0 fully saturated rings. The summed E-state index contributed by atoms with van der Waals surface area (Å²) in [5, 5.41) is 0. The van der Waals surface area contributed by atoms with E-state index in [9.17, 15) is 8.42 Å². The van der Waals surface area contributed by atoms with Gasteiger partial charge in [-0.1, -0.05) is 40.2 Å². The van der Waals surface area contributed by atoms with Crippen molar-refractivity contribution in [2.24, 2.45) is 0 Å². The Hall–Kier alpha value is -0.320. The van der Waals surface area contributed by atoms with E-state index < -0.39 is 9.05 Å². The molecule has 1 aromatic carbocycles. The summed E-state index contributed by atoms with van der Waals surface area (Å²) in [4.78, 5) is 0. The van der Waals surface area contributed by atoms with Gasteiger partial charge in [-0.2, -0.15) is 0 Å². The molecule has 0 saturated heterocycles. The van der Waals surface area contributed by atoms with E-state index in [1.54, 1.807) is 6.08 Å². The zero-order valence-electron chi connectivity index (χ0n) is 7.86. The number of benzene rings is 1. The fourth-order valence-corrected chi connectivity index (χ4v) is 1.95. The predicted molar refractivity (Wildman–Crippen MR) is 67.4 cm³/mol. The highest BCUT2D eigenvalue weighted by molar-refractivity contribution is 9.10. The molecule has 0 N–H and O–H groups in total. The minimum Gasteiger partial charge on any atom is -0.212 e. The van der Waals surface area contributed by atoms with Crippen molar-refractivity contribution in [2.45, 2.75) is 6.42 Å². The second-order valence-electron chi connectivity index (χ2n) is 2.99. The molecule has 0 unspecified atom stereocenters.